The molecule has 1 aromatic carbocycles. The van der Waals surface area contributed by atoms with Gasteiger partial charge in [0.15, 0.2) is 0 Å². The average Bonchev–Trinajstić information content (AvgIpc) is 3.09. The summed E-state index contributed by atoms with van der Waals surface area (Å²) in [6.07, 6.45) is 5.52. The molecule has 1 aliphatic rings. The molecule has 1 amide bonds. The Morgan fingerprint density at radius 2 is 2.00 bits per heavy atom. The molecule has 0 atom stereocenters. The van der Waals surface area contributed by atoms with Crippen molar-refractivity contribution >= 4 is 11.6 Å². The Labute approximate surface area is 135 Å². The molecule has 1 N–H and O–H groups in total. The van der Waals surface area contributed by atoms with E-state index < -0.39 is 0 Å². The average molecular weight is 315 g/mol. The predicted octanol–water partition coefficient (Wildman–Crippen LogP) is 2.13. The number of methoxy groups -OCH3 is 1. The predicted molar refractivity (Wildman–Crippen MR) is 84.9 cm³/mol. The molecule has 0 spiro atoms. The van der Waals surface area contributed by atoms with Crippen molar-refractivity contribution in [2.24, 2.45) is 11.8 Å². The second kappa shape index (κ2) is 7.21. The molecule has 0 bridgehead atoms. The highest BCUT2D eigenvalue weighted by molar-refractivity contribution is 5.92. The van der Waals surface area contributed by atoms with Crippen molar-refractivity contribution in [2.75, 3.05) is 12.4 Å². The van der Waals surface area contributed by atoms with Crippen molar-refractivity contribution in [3.8, 4) is 5.75 Å². The highest BCUT2D eigenvalue weighted by Crippen LogP contribution is 2.30. The third-order valence-corrected chi connectivity index (χ3v) is 4.41. The number of benzene rings is 1. The molecule has 1 heterocycles. The lowest BCUT2D eigenvalue weighted by Crippen LogP contribution is -2.28. The minimum absolute atomic E-state index is 0.0854. The summed E-state index contributed by atoms with van der Waals surface area (Å²) in [5, 5.41) is 14.2. The summed E-state index contributed by atoms with van der Waals surface area (Å²) >= 11 is 0. The van der Waals surface area contributed by atoms with Gasteiger partial charge in [-0.15, -0.1) is 5.10 Å². The van der Waals surface area contributed by atoms with Crippen LogP contribution in [0, 0.1) is 11.8 Å². The maximum Gasteiger partial charge on any atom is 0.227 e. The van der Waals surface area contributed by atoms with E-state index in [-0.39, 0.29) is 11.8 Å². The molecule has 23 heavy (non-hydrogen) atoms. The Balaban J connectivity index is 1.47. The zero-order valence-corrected chi connectivity index (χ0v) is 13.2. The Morgan fingerprint density at radius 3 is 2.61 bits per heavy atom. The molecule has 1 saturated carbocycles. The number of ether oxygens (including phenoxy) is 1. The third-order valence-electron chi connectivity index (χ3n) is 4.41. The van der Waals surface area contributed by atoms with Crippen LogP contribution in [-0.2, 0) is 11.3 Å². The molecule has 3 rings (SSSR count). The minimum Gasteiger partial charge on any atom is -0.497 e. The van der Waals surface area contributed by atoms with E-state index >= 15 is 0 Å². The molecule has 1 fully saturated rings. The molecule has 1 aromatic heterocycles. The third kappa shape index (κ3) is 4.06. The number of nitrogens with one attached hydrogen (secondary N) is 1. The molecule has 1 aliphatic carbocycles. The lowest BCUT2D eigenvalue weighted by Gasteiger charge is -2.27. The van der Waals surface area contributed by atoms with Crippen molar-refractivity contribution in [3.05, 3.63) is 30.6 Å². The number of anilines is 1. The van der Waals surface area contributed by atoms with Gasteiger partial charge in [-0.1, -0.05) is 0 Å². The first-order chi connectivity index (χ1) is 11.2. The normalized spacial score (nSPS) is 20.9. The van der Waals surface area contributed by atoms with Crippen molar-refractivity contribution in [1.29, 1.82) is 0 Å². The van der Waals surface area contributed by atoms with Gasteiger partial charge in [0.2, 0.25) is 5.91 Å². The number of carbonyl (C=O) groups is 1. The first-order valence-electron chi connectivity index (χ1n) is 7.90. The summed E-state index contributed by atoms with van der Waals surface area (Å²) in [6.45, 7) is 0.833. The van der Waals surface area contributed by atoms with E-state index in [1.165, 1.54) is 0 Å². The fourth-order valence-corrected chi connectivity index (χ4v) is 3.05. The standard InChI is InChI=1S/C16H21N5O2/c1-23-15-8-6-14(7-9-15)18-16(22)13-4-2-12(3-5-13)10-21-11-17-19-20-21/h6-9,11-13H,2-5,10H2,1H3,(H,18,22). The number of amides is 1. The van der Waals surface area contributed by atoms with Gasteiger partial charge in [0, 0.05) is 18.2 Å². The summed E-state index contributed by atoms with van der Waals surface area (Å²) < 4.78 is 6.88. The number of hydrogen-bond acceptors (Lipinski definition) is 5. The van der Waals surface area contributed by atoms with E-state index in [0.717, 1.165) is 43.7 Å². The lowest BCUT2D eigenvalue weighted by molar-refractivity contribution is -0.121. The zero-order chi connectivity index (χ0) is 16.1. The van der Waals surface area contributed by atoms with E-state index in [4.69, 9.17) is 4.74 Å². The van der Waals surface area contributed by atoms with Crippen LogP contribution in [0.1, 0.15) is 25.7 Å². The molecule has 2 aromatic rings. The van der Waals surface area contributed by atoms with Crippen LogP contribution in [0.2, 0.25) is 0 Å². The van der Waals surface area contributed by atoms with Gasteiger partial charge in [0.25, 0.3) is 0 Å². The summed E-state index contributed by atoms with van der Waals surface area (Å²) in [4.78, 5) is 12.4. The summed E-state index contributed by atoms with van der Waals surface area (Å²) in [6, 6.07) is 7.41. The van der Waals surface area contributed by atoms with E-state index in [2.05, 4.69) is 20.8 Å². The fraction of sp³-hybridized carbons (Fsp3) is 0.500. The molecular weight excluding hydrogens is 294 g/mol. The van der Waals surface area contributed by atoms with Gasteiger partial charge >= 0.3 is 0 Å². The number of rotatable bonds is 5. The molecule has 122 valence electrons. The van der Waals surface area contributed by atoms with Crippen LogP contribution in [0.25, 0.3) is 0 Å². The Hall–Kier alpha value is -2.44. The van der Waals surface area contributed by atoms with Gasteiger partial charge < -0.3 is 10.1 Å². The number of nitrogens with zero attached hydrogens (tertiary/aromatic N) is 4. The van der Waals surface area contributed by atoms with Gasteiger partial charge in [-0.25, -0.2) is 4.68 Å². The largest absolute Gasteiger partial charge is 0.497 e. The van der Waals surface area contributed by atoms with E-state index in [1.54, 1.807) is 18.1 Å². The van der Waals surface area contributed by atoms with E-state index in [1.807, 2.05) is 24.3 Å². The maximum atomic E-state index is 12.4. The van der Waals surface area contributed by atoms with Crippen LogP contribution in [0.3, 0.4) is 0 Å². The SMILES string of the molecule is COc1ccc(NC(=O)C2CCC(Cn3cnnn3)CC2)cc1. The number of tetrazole rings is 1. The molecule has 0 aliphatic heterocycles. The Bertz CT molecular complexity index is 618. The van der Waals surface area contributed by atoms with Crippen LogP contribution in [0.5, 0.6) is 5.75 Å². The van der Waals surface area contributed by atoms with E-state index in [0.29, 0.717) is 5.92 Å². The van der Waals surface area contributed by atoms with Crippen molar-refractivity contribution in [1.82, 2.24) is 20.2 Å². The Morgan fingerprint density at radius 1 is 1.26 bits per heavy atom. The van der Waals surface area contributed by atoms with Crippen LogP contribution in [0.4, 0.5) is 5.69 Å². The number of carbonyl (C=O) groups excluding carboxylic acids is 1. The highest BCUT2D eigenvalue weighted by atomic mass is 16.5. The number of hydrogen-bond donors (Lipinski definition) is 1. The molecule has 7 nitrogen and oxygen atoms in total. The van der Waals surface area contributed by atoms with Gasteiger partial charge in [-0.3, -0.25) is 4.79 Å². The van der Waals surface area contributed by atoms with Crippen LogP contribution >= 0.6 is 0 Å². The summed E-state index contributed by atoms with van der Waals surface area (Å²) in [5.74, 6) is 1.52. The Kier molecular flexibility index (Phi) is 4.85. The highest BCUT2D eigenvalue weighted by Gasteiger charge is 2.26. The van der Waals surface area contributed by atoms with E-state index in [9.17, 15) is 4.79 Å². The monoisotopic (exact) mass is 315 g/mol. The summed E-state index contributed by atoms with van der Waals surface area (Å²) in [5.41, 5.74) is 0.812. The second-order valence-electron chi connectivity index (χ2n) is 5.97. The fourth-order valence-electron chi connectivity index (χ4n) is 3.05. The van der Waals surface area contributed by atoms with Crippen molar-refractivity contribution in [3.63, 3.8) is 0 Å². The van der Waals surface area contributed by atoms with Crippen LogP contribution in [-0.4, -0.2) is 33.2 Å². The maximum absolute atomic E-state index is 12.4. The van der Waals surface area contributed by atoms with Crippen molar-refractivity contribution in [2.45, 2.75) is 32.2 Å². The lowest BCUT2D eigenvalue weighted by atomic mass is 9.81. The molecule has 7 heteroatoms. The van der Waals surface area contributed by atoms with Gasteiger partial charge in [0.05, 0.1) is 7.11 Å². The van der Waals surface area contributed by atoms with Crippen LogP contribution < -0.4 is 10.1 Å². The molecular formula is C16H21N5O2. The summed E-state index contributed by atoms with van der Waals surface area (Å²) in [7, 11) is 1.63. The molecule has 0 unspecified atom stereocenters. The van der Waals surface area contributed by atoms with Crippen molar-refractivity contribution < 1.29 is 9.53 Å². The minimum atomic E-state index is 0.0854. The first-order valence-corrected chi connectivity index (χ1v) is 7.90. The quantitative estimate of drug-likeness (QED) is 0.914. The molecule has 0 saturated heterocycles. The number of aromatic nitrogens is 4. The van der Waals surface area contributed by atoms with Gasteiger partial charge in [-0.2, -0.15) is 0 Å². The van der Waals surface area contributed by atoms with Crippen LogP contribution in [0.15, 0.2) is 30.6 Å². The topological polar surface area (TPSA) is 81.9 Å². The van der Waals surface area contributed by atoms with Gasteiger partial charge in [-0.05, 0) is 66.3 Å². The van der Waals surface area contributed by atoms with Gasteiger partial charge in [0.1, 0.15) is 12.1 Å². The smallest absolute Gasteiger partial charge is 0.227 e. The second-order valence-corrected chi connectivity index (χ2v) is 5.97. The first kappa shape index (κ1) is 15.5. The zero-order valence-electron chi connectivity index (χ0n) is 13.2. The molecule has 0 radical (unpaired) electrons.